The molecule has 0 spiro atoms. The van der Waals surface area contributed by atoms with Crippen LogP contribution < -0.4 is 10.6 Å². The third-order valence-corrected chi connectivity index (χ3v) is 5.12. The molecule has 0 saturated carbocycles. The van der Waals surface area contributed by atoms with Gasteiger partial charge in [-0.05, 0) is 57.1 Å². The third-order valence-electron chi connectivity index (χ3n) is 3.62. The average Bonchev–Trinajstić information content (AvgIpc) is 2.38. The molecule has 21 heavy (non-hydrogen) atoms. The Morgan fingerprint density at radius 3 is 2.14 bits per heavy atom. The summed E-state index contributed by atoms with van der Waals surface area (Å²) in [6.07, 6.45) is 1.77. The van der Waals surface area contributed by atoms with Crippen LogP contribution >= 0.6 is 0 Å². The molecule has 1 aromatic rings. The molecule has 1 aromatic carbocycles. The van der Waals surface area contributed by atoms with Gasteiger partial charge in [0.25, 0.3) is 9.84 Å². The van der Waals surface area contributed by atoms with Gasteiger partial charge in [-0.2, -0.15) is 13.2 Å². The molecule has 1 fully saturated rings. The summed E-state index contributed by atoms with van der Waals surface area (Å²) in [6, 6.07) is 4.70. The number of piperidine rings is 1. The van der Waals surface area contributed by atoms with Gasteiger partial charge in [-0.3, -0.25) is 0 Å². The van der Waals surface area contributed by atoms with Gasteiger partial charge >= 0.3 is 5.51 Å². The zero-order valence-corrected chi connectivity index (χ0v) is 12.3. The van der Waals surface area contributed by atoms with Gasteiger partial charge in [0.2, 0.25) is 0 Å². The SMILES string of the molecule is CC1(Nc2ccc(S(=O)(=O)C(F)(F)F)cc2)CCNCC1. The first-order valence-corrected chi connectivity index (χ1v) is 8.03. The third kappa shape index (κ3) is 3.49. The van der Waals surface area contributed by atoms with Crippen molar-refractivity contribution in [2.75, 3.05) is 18.4 Å². The number of anilines is 1. The minimum Gasteiger partial charge on any atom is -0.380 e. The smallest absolute Gasteiger partial charge is 0.380 e. The molecule has 2 N–H and O–H groups in total. The van der Waals surface area contributed by atoms with Gasteiger partial charge in [0.05, 0.1) is 4.90 Å². The first kappa shape index (κ1) is 16.1. The number of sulfone groups is 1. The maximum Gasteiger partial charge on any atom is 0.501 e. The van der Waals surface area contributed by atoms with Crippen molar-refractivity contribution in [2.45, 2.75) is 35.7 Å². The zero-order chi connectivity index (χ0) is 15.7. The Labute approximate surface area is 121 Å². The fourth-order valence-corrected chi connectivity index (χ4v) is 3.06. The highest BCUT2D eigenvalue weighted by molar-refractivity contribution is 7.92. The number of halogens is 3. The summed E-state index contributed by atoms with van der Waals surface area (Å²) in [7, 11) is -5.28. The molecule has 0 radical (unpaired) electrons. The van der Waals surface area contributed by atoms with E-state index in [2.05, 4.69) is 10.6 Å². The van der Waals surface area contributed by atoms with Crippen molar-refractivity contribution in [1.82, 2.24) is 5.32 Å². The van der Waals surface area contributed by atoms with Crippen LogP contribution in [0.5, 0.6) is 0 Å². The van der Waals surface area contributed by atoms with Gasteiger partial charge in [-0.15, -0.1) is 0 Å². The van der Waals surface area contributed by atoms with Gasteiger partial charge in [-0.25, -0.2) is 8.42 Å². The number of hydrogen-bond acceptors (Lipinski definition) is 4. The summed E-state index contributed by atoms with van der Waals surface area (Å²) in [5.74, 6) is 0. The van der Waals surface area contributed by atoms with E-state index in [4.69, 9.17) is 0 Å². The molecule has 0 aromatic heterocycles. The lowest BCUT2D eigenvalue weighted by Gasteiger charge is -2.36. The molecule has 4 nitrogen and oxygen atoms in total. The minimum atomic E-state index is -5.28. The molecule has 0 bridgehead atoms. The van der Waals surface area contributed by atoms with Crippen LogP contribution in [-0.2, 0) is 9.84 Å². The Morgan fingerprint density at radius 2 is 1.67 bits per heavy atom. The highest BCUT2D eigenvalue weighted by atomic mass is 32.2. The van der Waals surface area contributed by atoms with Gasteiger partial charge in [0, 0.05) is 11.2 Å². The summed E-state index contributed by atoms with van der Waals surface area (Å²) in [5.41, 5.74) is -4.81. The molecule has 1 aliphatic heterocycles. The highest BCUT2D eigenvalue weighted by Crippen LogP contribution is 2.31. The minimum absolute atomic E-state index is 0.143. The molecule has 0 atom stereocenters. The first-order chi connectivity index (χ1) is 9.64. The number of benzene rings is 1. The molecule has 0 aliphatic carbocycles. The second-order valence-electron chi connectivity index (χ2n) is 5.41. The lowest BCUT2D eigenvalue weighted by molar-refractivity contribution is -0.0436. The van der Waals surface area contributed by atoms with Gasteiger partial charge in [-0.1, -0.05) is 0 Å². The van der Waals surface area contributed by atoms with Gasteiger partial charge < -0.3 is 10.6 Å². The van der Waals surface area contributed by atoms with Crippen LogP contribution in [0.15, 0.2) is 29.2 Å². The van der Waals surface area contributed by atoms with Crippen molar-refractivity contribution in [3.63, 3.8) is 0 Å². The Bertz CT molecular complexity index is 591. The Morgan fingerprint density at radius 1 is 1.14 bits per heavy atom. The van der Waals surface area contributed by atoms with Crippen LogP contribution in [0.2, 0.25) is 0 Å². The number of hydrogen-bond donors (Lipinski definition) is 2. The number of rotatable bonds is 3. The Balaban J connectivity index is 2.16. The highest BCUT2D eigenvalue weighted by Gasteiger charge is 2.46. The quantitative estimate of drug-likeness (QED) is 0.898. The van der Waals surface area contributed by atoms with Gasteiger partial charge in [0.15, 0.2) is 0 Å². The van der Waals surface area contributed by atoms with Crippen LogP contribution in [0.4, 0.5) is 18.9 Å². The lowest BCUT2D eigenvalue weighted by Crippen LogP contribution is -2.45. The standard InChI is InChI=1S/C13H17F3N2O2S/c1-12(6-8-17-9-7-12)18-10-2-4-11(5-3-10)21(19,20)13(14,15)16/h2-5,17-18H,6-9H2,1H3. The van der Waals surface area contributed by atoms with Crippen molar-refractivity contribution >= 4 is 15.5 Å². The molecule has 1 aliphatic rings. The van der Waals surface area contributed by atoms with Crippen LogP contribution in [-0.4, -0.2) is 32.6 Å². The number of alkyl halides is 3. The zero-order valence-electron chi connectivity index (χ0n) is 11.5. The Hall–Kier alpha value is -1.28. The predicted octanol–water partition coefficient (Wildman–Crippen LogP) is 2.53. The molecule has 0 unspecified atom stereocenters. The van der Waals surface area contributed by atoms with Crippen molar-refractivity contribution in [1.29, 1.82) is 0 Å². The van der Waals surface area contributed by atoms with Crippen LogP contribution in [0, 0.1) is 0 Å². The van der Waals surface area contributed by atoms with E-state index >= 15 is 0 Å². The van der Waals surface area contributed by atoms with Crippen LogP contribution in [0.3, 0.4) is 0 Å². The monoisotopic (exact) mass is 322 g/mol. The van der Waals surface area contributed by atoms with Crippen molar-refractivity contribution < 1.29 is 21.6 Å². The molecule has 2 rings (SSSR count). The summed E-state index contributed by atoms with van der Waals surface area (Å²) < 4.78 is 59.9. The molecule has 118 valence electrons. The van der Waals surface area contributed by atoms with E-state index in [1.807, 2.05) is 6.92 Å². The van der Waals surface area contributed by atoms with Crippen molar-refractivity contribution in [3.05, 3.63) is 24.3 Å². The summed E-state index contributed by atoms with van der Waals surface area (Å²) in [6.45, 7) is 3.77. The maximum atomic E-state index is 12.4. The van der Waals surface area contributed by atoms with Gasteiger partial charge in [0.1, 0.15) is 0 Å². The van der Waals surface area contributed by atoms with Crippen molar-refractivity contribution in [3.8, 4) is 0 Å². The topological polar surface area (TPSA) is 58.2 Å². The van der Waals surface area contributed by atoms with Crippen molar-refractivity contribution in [2.24, 2.45) is 0 Å². The van der Waals surface area contributed by atoms with E-state index in [9.17, 15) is 21.6 Å². The summed E-state index contributed by atoms with van der Waals surface area (Å²) in [4.78, 5) is -0.740. The van der Waals surface area contributed by atoms with Crippen LogP contribution in [0.25, 0.3) is 0 Å². The molecular weight excluding hydrogens is 305 g/mol. The van der Waals surface area contributed by atoms with E-state index in [-0.39, 0.29) is 5.54 Å². The summed E-state index contributed by atoms with van der Waals surface area (Å²) >= 11 is 0. The van der Waals surface area contributed by atoms with E-state index in [0.717, 1.165) is 38.1 Å². The van der Waals surface area contributed by atoms with E-state index in [1.165, 1.54) is 12.1 Å². The van der Waals surface area contributed by atoms with E-state index in [0.29, 0.717) is 5.69 Å². The normalized spacial score (nSPS) is 19.2. The molecular formula is C13H17F3N2O2S. The van der Waals surface area contributed by atoms with E-state index < -0.39 is 20.2 Å². The molecule has 8 heteroatoms. The maximum absolute atomic E-state index is 12.4. The largest absolute Gasteiger partial charge is 0.501 e. The fraction of sp³-hybridized carbons (Fsp3) is 0.538. The van der Waals surface area contributed by atoms with Crippen LogP contribution in [0.1, 0.15) is 19.8 Å². The predicted molar refractivity (Wildman–Crippen MR) is 73.8 cm³/mol. The second kappa shape index (κ2) is 5.49. The average molecular weight is 322 g/mol. The lowest BCUT2D eigenvalue weighted by atomic mass is 9.90. The van der Waals surface area contributed by atoms with E-state index in [1.54, 1.807) is 0 Å². The fourth-order valence-electron chi connectivity index (χ4n) is 2.30. The first-order valence-electron chi connectivity index (χ1n) is 6.54. The summed E-state index contributed by atoms with van der Waals surface area (Å²) in [5, 5.41) is 6.49. The molecule has 1 heterocycles. The molecule has 1 saturated heterocycles. The Kier molecular flexibility index (Phi) is 4.21. The molecule has 0 amide bonds. The number of nitrogens with one attached hydrogen (secondary N) is 2. The second-order valence-corrected chi connectivity index (χ2v) is 7.35.